The molecule has 2 aromatic carbocycles. The van der Waals surface area contributed by atoms with Gasteiger partial charge in [-0.2, -0.15) is 13.2 Å². The van der Waals surface area contributed by atoms with E-state index in [0.29, 0.717) is 51.9 Å². The number of nitrogens with zero attached hydrogens (tertiary/aromatic N) is 4. The number of amides is 1. The largest absolute Gasteiger partial charge is 0.423 e. The number of hydrogen-bond acceptors (Lipinski definition) is 7. The van der Waals surface area contributed by atoms with Crippen LogP contribution in [0.1, 0.15) is 43.7 Å². The summed E-state index contributed by atoms with van der Waals surface area (Å²) in [4.78, 5) is 31.9. The van der Waals surface area contributed by atoms with Gasteiger partial charge in [0.25, 0.3) is 11.6 Å². The molecule has 2 fully saturated rings. The molecule has 1 aromatic heterocycles. The molecule has 1 unspecified atom stereocenters. The normalized spacial score (nSPS) is 20.4. The summed E-state index contributed by atoms with van der Waals surface area (Å²) < 4.78 is 46.1. The Morgan fingerprint density at radius 3 is 2.43 bits per heavy atom. The first kappa shape index (κ1) is 29.6. The number of ether oxygens (including phenoxy) is 1. The number of aromatic nitrogens is 1. The standard InChI is InChI=1S/C30H34F3N5O4/c1-19-3-10-26-21(17-19)4-12-28(35-26)36-13-15-37(16-14-36)29(39)20(2)42-24-8-5-22(6-9-24)34-23-7-11-27(38(40)41)25(18-23)30(31,32)33/h3-4,7,10-12,17-18,20,22,24,34H,5-6,8-9,13-16H2,1-2H3/t20?,22-,24-. The first-order valence-electron chi connectivity index (χ1n) is 14.2. The molecule has 2 aliphatic rings. The summed E-state index contributed by atoms with van der Waals surface area (Å²) in [7, 11) is 0. The van der Waals surface area contributed by atoms with E-state index in [-0.39, 0.29) is 23.7 Å². The van der Waals surface area contributed by atoms with Crippen LogP contribution in [0.25, 0.3) is 10.9 Å². The number of rotatable bonds is 7. The summed E-state index contributed by atoms with van der Waals surface area (Å²) in [5, 5.41) is 15.2. The van der Waals surface area contributed by atoms with Crippen LogP contribution in [0.15, 0.2) is 48.5 Å². The van der Waals surface area contributed by atoms with Crippen molar-refractivity contribution in [3.63, 3.8) is 0 Å². The highest BCUT2D eigenvalue weighted by Crippen LogP contribution is 2.38. The molecule has 224 valence electrons. The van der Waals surface area contributed by atoms with E-state index in [9.17, 15) is 28.1 Å². The number of anilines is 2. The summed E-state index contributed by atoms with van der Waals surface area (Å²) in [6, 6.07) is 13.2. The van der Waals surface area contributed by atoms with Gasteiger partial charge in [-0.05, 0) is 75.9 Å². The molecule has 1 N–H and O–H groups in total. The molecule has 1 aliphatic carbocycles. The first-order chi connectivity index (χ1) is 20.0. The third-order valence-corrected chi connectivity index (χ3v) is 8.03. The molecule has 9 nitrogen and oxygen atoms in total. The summed E-state index contributed by atoms with van der Waals surface area (Å²) in [6.07, 6.45) is -2.98. The van der Waals surface area contributed by atoms with Crippen molar-refractivity contribution in [2.75, 3.05) is 36.4 Å². The molecule has 2 heterocycles. The van der Waals surface area contributed by atoms with Gasteiger partial charge in [0.05, 0.1) is 16.5 Å². The molecule has 1 aliphatic heterocycles. The Kier molecular flexibility index (Phi) is 8.53. The number of halogens is 3. The maximum Gasteiger partial charge on any atom is 0.423 e. The van der Waals surface area contributed by atoms with E-state index >= 15 is 0 Å². The van der Waals surface area contributed by atoms with Crippen LogP contribution < -0.4 is 10.2 Å². The highest BCUT2D eigenvalue weighted by Gasteiger charge is 2.38. The van der Waals surface area contributed by atoms with E-state index in [1.807, 2.05) is 23.1 Å². The smallest absolute Gasteiger partial charge is 0.382 e. The van der Waals surface area contributed by atoms with Gasteiger partial charge in [-0.15, -0.1) is 0 Å². The second-order valence-electron chi connectivity index (χ2n) is 11.1. The van der Waals surface area contributed by atoms with Crippen molar-refractivity contribution in [3.05, 3.63) is 69.8 Å². The molecule has 1 saturated carbocycles. The molecular weight excluding hydrogens is 551 g/mol. The van der Waals surface area contributed by atoms with Crippen LogP contribution >= 0.6 is 0 Å². The van der Waals surface area contributed by atoms with Crippen LogP contribution in [0.5, 0.6) is 0 Å². The lowest BCUT2D eigenvalue weighted by Gasteiger charge is -2.37. The van der Waals surface area contributed by atoms with Gasteiger partial charge in [0, 0.05) is 49.4 Å². The van der Waals surface area contributed by atoms with Crippen LogP contribution in [0.4, 0.5) is 30.4 Å². The van der Waals surface area contributed by atoms with Gasteiger partial charge < -0.3 is 19.9 Å². The molecule has 5 rings (SSSR count). The van der Waals surface area contributed by atoms with E-state index in [2.05, 4.69) is 29.3 Å². The molecule has 12 heteroatoms. The number of piperazine rings is 1. The van der Waals surface area contributed by atoms with Crippen LogP contribution in [0, 0.1) is 17.0 Å². The fraction of sp³-hybridized carbons (Fsp3) is 0.467. The number of hydrogen-bond donors (Lipinski definition) is 1. The highest BCUT2D eigenvalue weighted by molar-refractivity contribution is 5.82. The first-order valence-corrected chi connectivity index (χ1v) is 14.2. The topological polar surface area (TPSA) is 101 Å². The van der Waals surface area contributed by atoms with E-state index in [1.54, 1.807) is 6.92 Å². The maximum absolute atomic E-state index is 13.3. The lowest BCUT2D eigenvalue weighted by Crippen LogP contribution is -2.52. The van der Waals surface area contributed by atoms with E-state index in [4.69, 9.17) is 9.72 Å². The number of aryl methyl sites for hydroxylation is 1. The van der Waals surface area contributed by atoms with Gasteiger partial charge in [-0.3, -0.25) is 14.9 Å². The average Bonchev–Trinajstić information content (AvgIpc) is 2.97. The molecule has 0 radical (unpaired) electrons. The number of carbonyl (C=O) groups is 1. The zero-order valence-electron chi connectivity index (χ0n) is 23.6. The van der Waals surface area contributed by atoms with E-state index in [0.717, 1.165) is 28.9 Å². The Labute approximate surface area is 241 Å². The molecule has 42 heavy (non-hydrogen) atoms. The minimum atomic E-state index is -4.83. The molecular formula is C30H34F3N5O4. The Balaban J connectivity index is 1.08. The predicted octanol–water partition coefficient (Wildman–Crippen LogP) is 5.95. The fourth-order valence-electron chi connectivity index (χ4n) is 5.76. The second kappa shape index (κ2) is 12.1. The van der Waals surface area contributed by atoms with Gasteiger partial charge >= 0.3 is 6.18 Å². The average molecular weight is 586 g/mol. The number of pyridine rings is 1. The summed E-state index contributed by atoms with van der Waals surface area (Å²) >= 11 is 0. The number of benzene rings is 2. The lowest BCUT2D eigenvalue weighted by molar-refractivity contribution is -0.388. The van der Waals surface area contributed by atoms with Crippen molar-refractivity contribution in [2.24, 2.45) is 0 Å². The predicted molar refractivity (Wildman–Crippen MR) is 154 cm³/mol. The van der Waals surface area contributed by atoms with Gasteiger partial charge in [0.15, 0.2) is 0 Å². The van der Waals surface area contributed by atoms with Gasteiger partial charge in [0.2, 0.25) is 0 Å². The summed E-state index contributed by atoms with van der Waals surface area (Å²) in [5.74, 6) is 0.846. The van der Waals surface area contributed by atoms with Crippen molar-refractivity contribution in [1.29, 1.82) is 0 Å². The molecule has 0 bridgehead atoms. The Bertz CT molecular complexity index is 1450. The lowest BCUT2D eigenvalue weighted by atomic mass is 9.92. The van der Waals surface area contributed by atoms with Gasteiger partial charge in [-0.25, -0.2) is 4.98 Å². The van der Waals surface area contributed by atoms with Crippen molar-refractivity contribution in [1.82, 2.24) is 9.88 Å². The van der Waals surface area contributed by atoms with Crippen LogP contribution in [-0.4, -0.2) is 65.1 Å². The maximum atomic E-state index is 13.3. The Hall–Kier alpha value is -3.93. The van der Waals surface area contributed by atoms with Gasteiger partial charge in [0.1, 0.15) is 17.5 Å². The minimum Gasteiger partial charge on any atom is -0.382 e. The zero-order valence-corrected chi connectivity index (χ0v) is 23.6. The van der Waals surface area contributed by atoms with Gasteiger partial charge in [-0.1, -0.05) is 11.6 Å². The van der Waals surface area contributed by atoms with E-state index < -0.39 is 28.5 Å². The molecule has 1 saturated heterocycles. The molecule has 1 amide bonds. The minimum absolute atomic E-state index is 0.0533. The summed E-state index contributed by atoms with van der Waals surface area (Å²) in [5.41, 5.74) is 0.0867. The summed E-state index contributed by atoms with van der Waals surface area (Å²) in [6.45, 7) is 6.33. The second-order valence-corrected chi connectivity index (χ2v) is 11.1. The molecule has 1 atom stereocenters. The number of carbonyl (C=O) groups excluding carboxylic acids is 1. The number of alkyl halides is 3. The zero-order chi connectivity index (χ0) is 30.0. The molecule has 3 aromatic rings. The number of nitro benzene ring substituents is 1. The van der Waals surface area contributed by atoms with Crippen molar-refractivity contribution >= 4 is 34.0 Å². The number of nitrogens with one attached hydrogen (secondary N) is 1. The van der Waals surface area contributed by atoms with Crippen LogP contribution in [0.2, 0.25) is 0 Å². The van der Waals surface area contributed by atoms with Crippen LogP contribution in [-0.2, 0) is 15.7 Å². The molecule has 0 spiro atoms. The fourth-order valence-corrected chi connectivity index (χ4v) is 5.76. The third-order valence-electron chi connectivity index (χ3n) is 8.03. The highest BCUT2D eigenvalue weighted by atomic mass is 19.4. The monoisotopic (exact) mass is 585 g/mol. The van der Waals surface area contributed by atoms with E-state index in [1.165, 1.54) is 11.6 Å². The van der Waals surface area contributed by atoms with Crippen molar-refractivity contribution < 1.29 is 27.6 Å². The quantitative estimate of drug-likeness (QED) is 0.270. The third kappa shape index (κ3) is 6.75. The van der Waals surface area contributed by atoms with Crippen LogP contribution in [0.3, 0.4) is 0 Å². The Morgan fingerprint density at radius 2 is 1.76 bits per heavy atom. The van der Waals surface area contributed by atoms with Crippen molar-refractivity contribution in [2.45, 2.75) is 64.0 Å². The van der Waals surface area contributed by atoms with Crippen molar-refractivity contribution in [3.8, 4) is 0 Å². The SMILES string of the molecule is Cc1ccc2nc(N3CCN(C(=O)C(C)O[C@H]4CC[C@H](Nc5ccc([N+](=O)[O-])c(C(F)(F)F)c5)CC4)CC3)ccc2c1. The number of fused-ring (bicyclic) bond motifs is 1. The number of nitro groups is 1. The Morgan fingerprint density at radius 1 is 1.05 bits per heavy atom.